The Morgan fingerprint density at radius 2 is 2.30 bits per heavy atom. The van der Waals surface area contributed by atoms with E-state index in [-0.39, 0.29) is 17.6 Å². The van der Waals surface area contributed by atoms with Crippen LogP contribution in [0.15, 0.2) is 0 Å². The van der Waals surface area contributed by atoms with Crippen molar-refractivity contribution in [2.24, 2.45) is 11.8 Å². The third kappa shape index (κ3) is 1.18. The lowest BCUT2D eigenvalue weighted by atomic mass is 9.94. The van der Waals surface area contributed by atoms with Crippen molar-refractivity contribution in [3.8, 4) is 6.07 Å². The van der Waals surface area contributed by atoms with Gasteiger partial charge < -0.3 is 0 Å². The molecule has 0 radical (unpaired) electrons. The van der Waals surface area contributed by atoms with E-state index >= 15 is 0 Å². The predicted octanol–water partition coefficient (Wildman–Crippen LogP) is 1.52. The topological polar surface area (TPSA) is 40.9 Å². The monoisotopic (exact) mass is 137 g/mol. The number of rotatable bonds is 1. The van der Waals surface area contributed by atoms with Crippen molar-refractivity contribution in [3.63, 3.8) is 0 Å². The van der Waals surface area contributed by atoms with Crippen LogP contribution in [-0.4, -0.2) is 5.78 Å². The Kier molecular flexibility index (Phi) is 2.06. The second-order valence-corrected chi connectivity index (χ2v) is 2.88. The van der Waals surface area contributed by atoms with E-state index in [4.69, 9.17) is 5.26 Å². The Balaban J connectivity index is 2.61. The highest BCUT2D eigenvalue weighted by Crippen LogP contribution is 2.31. The molecule has 0 aromatic carbocycles. The van der Waals surface area contributed by atoms with E-state index in [9.17, 15) is 4.79 Å². The van der Waals surface area contributed by atoms with Gasteiger partial charge in [-0.25, -0.2) is 0 Å². The molecule has 54 valence electrons. The van der Waals surface area contributed by atoms with Gasteiger partial charge in [0.05, 0.1) is 12.0 Å². The molecule has 10 heavy (non-hydrogen) atoms. The number of nitriles is 1. The summed E-state index contributed by atoms with van der Waals surface area (Å²) in [5.41, 5.74) is 0. The largest absolute Gasteiger partial charge is 0.300 e. The second kappa shape index (κ2) is 2.83. The van der Waals surface area contributed by atoms with Gasteiger partial charge in [-0.3, -0.25) is 4.79 Å². The first-order valence-electron chi connectivity index (χ1n) is 3.65. The minimum atomic E-state index is 0.0116. The zero-order valence-corrected chi connectivity index (χ0v) is 6.13. The third-order valence-corrected chi connectivity index (χ3v) is 2.20. The number of hydrogen-bond donors (Lipinski definition) is 0. The van der Waals surface area contributed by atoms with Crippen LogP contribution in [-0.2, 0) is 4.79 Å². The quantitative estimate of drug-likeness (QED) is 0.549. The summed E-state index contributed by atoms with van der Waals surface area (Å²) < 4.78 is 0. The Bertz CT molecular complexity index is 180. The normalized spacial score (nSPS) is 31.6. The number of nitrogens with zero attached hydrogens (tertiary/aromatic N) is 1. The van der Waals surface area contributed by atoms with Gasteiger partial charge in [-0.1, -0.05) is 6.42 Å². The van der Waals surface area contributed by atoms with Gasteiger partial charge in [-0.15, -0.1) is 0 Å². The smallest absolute Gasteiger partial charge is 0.134 e. The third-order valence-electron chi connectivity index (χ3n) is 2.20. The highest BCUT2D eigenvalue weighted by molar-refractivity contribution is 5.79. The fourth-order valence-corrected chi connectivity index (χ4v) is 1.60. The Hall–Kier alpha value is -0.840. The van der Waals surface area contributed by atoms with Crippen molar-refractivity contribution in [2.45, 2.75) is 26.2 Å². The summed E-state index contributed by atoms with van der Waals surface area (Å²) >= 11 is 0. The molecule has 2 unspecified atom stereocenters. The van der Waals surface area contributed by atoms with Crippen molar-refractivity contribution >= 4 is 5.78 Å². The summed E-state index contributed by atoms with van der Waals surface area (Å²) in [7, 11) is 0. The first kappa shape index (κ1) is 7.27. The molecule has 1 aliphatic rings. The summed E-state index contributed by atoms with van der Waals surface area (Å²) in [6.45, 7) is 1.58. The van der Waals surface area contributed by atoms with Crippen LogP contribution >= 0.6 is 0 Å². The van der Waals surface area contributed by atoms with E-state index in [1.165, 1.54) is 0 Å². The van der Waals surface area contributed by atoms with Gasteiger partial charge in [0.2, 0.25) is 0 Å². The molecule has 1 saturated carbocycles. The van der Waals surface area contributed by atoms with Crippen molar-refractivity contribution in [2.75, 3.05) is 0 Å². The maximum absolute atomic E-state index is 10.9. The predicted molar refractivity (Wildman–Crippen MR) is 37.1 cm³/mol. The SMILES string of the molecule is CC(=O)C1CCCC1C#N. The van der Waals surface area contributed by atoms with Crippen molar-refractivity contribution in [3.05, 3.63) is 0 Å². The van der Waals surface area contributed by atoms with E-state index in [1.807, 2.05) is 0 Å². The summed E-state index contributed by atoms with van der Waals surface area (Å²) in [4.78, 5) is 10.9. The molecule has 0 aromatic heterocycles. The average Bonchev–Trinajstić information content (AvgIpc) is 2.33. The summed E-state index contributed by atoms with van der Waals surface area (Å²) in [5, 5.41) is 8.58. The number of Topliss-reactive ketones (excluding diaryl/α,β-unsaturated/α-hetero) is 1. The first-order chi connectivity index (χ1) is 4.75. The molecule has 1 rings (SSSR count). The average molecular weight is 137 g/mol. The number of carbonyl (C=O) groups is 1. The molecule has 0 bridgehead atoms. The molecule has 2 heteroatoms. The molecule has 0 saturated heterocycles. The summed E-state index contributed by atoms with van der Waals surface area (Å²) in [5.74, 6) is 0.242. The van der Waals surface area contributed by atoms with Crippen LogP contribution in [0.1, 0.15) is 26.2 Å². The van der Waals surface area contributed by atoms with Crippen molar-refractivity contribution in [1.82, 2.24) is 0 Å². The lowest BCUT2D eigenvalue weighted by Gasteiger charge is -2.06. The van der Waals surface area contributed by atoms with Gasteiger partial charge in [0.15, 0.2) is 0 Å². The molecular weight excluding hydrogens is 126 g/mol. The van der Waals surface area contributed by atoms with Crippen LogP contribution in [0.4, 0.5) is 0 Å². The zero-order valence-electron chi connectivity index (χ0n) is 6.13. The standard InChI is InChI=1S/C8H11NO/c1-6(10)8-4-2-3-7(8)5-9/h7-8H,2-4H2,1H3. The molecular formula is C8H11NO. The second-order valence-electron chi connectivity index (χ2n) is 2.88. The molecule has 1 aliphatic carbocycles. The molecule has 2 atom stereocenters. The van der Waals surface area contributed by atoms with Crippen molar-refractivity contribution in [1.29, 1.82) is 5.26 Å². The van der Waals surface area contributed by atoms with Gasteiger partial charge in [0.25, 0.3) is 0 Å². The molecule has 0 spiro atoms. The first-order valence-corrected chi connectivity index (χ1v) is 3.65. The van der Waals surface area contributed by atoms with Crippen LogP contribution < -0.4 is 0 Å². The minimum absolute atomic E-state index is 0.0116. The molecule has 0 N–H and O–H groups in total. The Labute approximate surface area is 60.8 Å². The van der Waals surface area contributed by atoms with Gasteiger partial charge in [0, 0.05) is 5.92 Å². The molecule has 0 aliphatic heterocycles. The minimum Gasteiger partial charge on any atom is -0.300 e. The van der Waals surface area contributed by atoms with E-state index in [1.54, 1.807) is 6.92 Å². The lowest BCUT2D eigenvalue weighted by molar-refractivity contribution is -0.121. The lowest BCUT2D eigenvalue weighted by Crippen LogP contribution is -2.14. The zero-order chi connectivity index (χ0) is 7.56. The molecule has 0 heterocycles. The van der Waals surface area contributed by atoms with Crippen LogP contribution in [0, 0.1) is 23.2 Å². The number of carbonyl (C=O) groups excluding carboxylic acids is 1. The number of ketones is 1. The van der Waals surface area contributed by atoms with Crippen LogP contribution in [0.2, 0.25) is 0 Å². The van der Waals surface area contributed by atoms with Gasteiger partial charge in [-0.2, -0.15) is 5.26 Å². The van der Waals surface area contributed by atoms with Crippen LogP contribution in [0.3, 0.4) is 0 Å². The molecule has 0 aromatic rings. The fraction of sp³-hybridized carbons (Fsp3) is 0.750. The van der Waals surface area contributed by atoms with E-state index in [0.29, 0.717) is 0 Å². The van der Waals surface area contributed by atoms with Gasteiger partial charge in [-0.05, 0) is 19.8 Å². The van der Waals surface area contributed by atoms with Gasteiger partial charge >= 0.3 is 0 Å². The molecule has 1 fully saturated rings. The summed E-state index contributed by atoms with van der Waals surface area (Å²) in [6.07, 6.45) is 2.89. The molecule has 2 nitrogen and oxygen atoms in total. The Morgan fingerprint density at radius 3 is 2.70 bits per heavy atom. The summed E-state index contributed by atoms with van der Waals surface area (Å²) in [6, 6.07) is 2.17. The van der Waals surface area contributed by atoms with Crippen LogP contribution in [0.5, 0.6) is 0 Å². The van der Waals surface area contributed by atoms with E-state index < -0.39 is 0 Å². The number of hydrogen-bond acceptors (Lipinski definition) is 2. The van der Waals surface area contributed by atoms with Crippen LogP contribution in [0.25, 0.3) is 0 Å². The van der Waals surface area contributed by atoms with E-state index in [2.05, 4.69) is 6.07 Å². The van der Waals surface area contributed by atoms with E-state index in [0.717, 1.165) is 19.3 Å². The van der Waals surface area contributed by atoms with Gasteiger partial charge in [0.1, 0.15) is 5.78 Å². The Morgan fingerprint density at radius 1 is 1.60 bits per heavy atom. The highest BCUT2D eigenvalue weighted by Gasteiger charge is 2.30. The highest BCUT2D eigenvalue weighted by atomic mass is 16.1. The van der Waals surface area contributed by atoms with Crippen molar-refractivity contribution < 1.29 is 4.79 Å². The maximum atomic E-state index is 10.9. The maximum Gasteiger partial charge on any atom is 0.134 e. The molecule has 0 amide bonds. The fourth-order valence-electron chi connectivity index (χ4n) is 1.60.